The first-order valence-electron chi connectivity index (χ1n) is 5.45. The molecule has 0 spiro atoms. The van der Waals surface area contributed by atoms with Crippen LogP contribution in [0.2, 0.25) is 0 Å². The van der Waals surface area contributed by atoms with Crippen molar-refractivity contribution in [3.63, 3.8) is 0 Å². The predicted molar refractivity (Wildman–Crippen MR) is 67.6 cm³/mol. The molecule has 0 amide bonds. The molecule has 0 aliphatic heterocycles. The van der Waals surface area contributed by atoms with E-state index in [1.807, 2.05) is 18.2 Å². The molecule has 2 rings (SSSR count). The summed E-state index contributed by atoms with van der Waals surface area (Å²) in [5.74, 6) is 0.257. The highest BCUT2D eigenvalue weighted by Crippen LogP contribution is 2.16. The van der Waals surface area contributed by atoms with Crippen LogP contribution in [0.1, 0.15) is 11.3 Å². The number of aromatic hydroxyl groups is 1. The summed E-state index contributed by atoms with van der Waals surface area (Å²) in [6.07, 6.45) is 1.75. The van der Waals surface area contributed by atoms with E-state index in [9.17, 15) is 5.11 Å². The lowest BCUT2D eigenvalue weighted by atomic mass is 10.2. The van der Waals surface area contributed by atoms with Crippen LogP contribution in [0.25, 0.3) is 0 Å². The van der Waals surface area contributed by atoms with Gasteiger partial charge >= 0.3 is 0 Å². The Hall–Kier alpha value is -2.07. The molecule has 0 bridgehead atoms. The number of pyridine rings is 1. The Balaban J connectivity index is 2.02. The Morgan fingerprint density at radius 3 is 2.88 bits per heavy atom. The highest BCUT2D eigenvalue weighted by molar-refractivity contribution is 5.48. The summed E-state index contributed by atoms with van der Waals surface area (Å²) in [5, 5.41) is 12.6. The fraction of sp³-hybridized carbons (Fsp3) is 0.154. The van der Waals surface area contributed by atoms with Crippen LogP contribution in [-0.4, -0.2) is 10.1 Å². The first-order valence-corrected chi connectivity index (χ1v) is 5.45. The Bertz CT molecular complexity index is 500. The number of anilines is 1. The van der Waals surface area contributed by atoms with Crippen molar-refractivity contribution in [2.24, 2.45) is 5.73 Å². The van der Waals surface area contributed by atoms with Crippen molar-refractivity contribution < 1.29 is 5.11 Å². The predicted octanol–water partition coefficient (Wildman–Crippen LogP) is 1.86. The Labute approximate surface area is 100 Å². The van der Waals surface area contributed by atoms with E-state index in [1.165, 1.54) is 0 Å². The quantitative estimate of drug-likeness (QED) is 0.748. The summed E-state index contributed by atoms with van der Waals surface area (Å²) in [6, 6.07) is 10.9. The zero-order chi connectivity index (χ0) is 12.1. The number of aromatic nitrogens is 1. The molecule has 0 saturated heterocycles. The van der Waals surface area contributed by atoms with Crippen LogP contribution in [0.3, 0.4) is 0 Å². The number of hydrogen-bond donors (Lipinski definition) is 3. The topological polar surface area (TPSA) is 71.2 Å². The maximum Gasteiger partial charge on any atom is 0.117 e. The molecule has 1 aromatic carbocycles. The third-order valence-corrected chi connectivity index (χ3v) is 2.43. The minimum atomic E-state index is 0.257. The second-order valence-electron chi connectivity index (χ2n) is 3.76. The van der Waals surface area contributed by atoms with Crippen molar-refractivity contribution >= 4 is 5.69 Å². The number of phenols is 1. The van der Waals surface area contributed by atoms with Gasteiger partial charge in [0.25, 0.3) is 0 Å². The molecule has 0 aliphatic rings. The third kappa shape index (κ3) is 3.19. The first kappa shape index (κ1) is 11.4. The molecule has 1 aromatic heterocycles. The molecule has 2 aromatic rings. The highest BCUT2D eigenvalue weighted by Gasteiger charge is 1.97. The van der Waals surface area contributed by atoms with E-state index in [0.717, 1.165) is 16.9 Å². The average molecular weight is 229 g/mol. The van der Waals surface area contributed by atoms with Crippen molar-refractivity contribution in [3.8, 4) is 5.75 Å². The van der Waals surface area contributed by atoms with Gasteiger partial charge in [-0.2, -0.15) is 0 Å². The molecule has 0 unspecified atom stereocenters. The summed E-state index contributed by atoms with van der Waals surface area (Å²) in [4.78, 5) is 4.13. The largest absolute Gasteiger partial charge is 0.508 e. The lowest BCUT2D eigenvalue weighted by Crippen LogP contribution is -2.03. The standard InChI is InChI=1S/C13H15N3O/c14-8-12-6-10(4-5-15-12)9-16-11-2-1-3-13(17)7-11/h1-7,16-17H,8-9,14H2. The molecule has 1 heterocycles. The number of rotatable bonds is 4. The molecule has 4 heteroatoms. The summed E-state index contributed by atoms with van der Waals surface area (Å²) in [7, 11) is 0. The van der Waals surface area contributed by atoms with Crippen molar-refractivity contribution in [2.75, 3.05) is 5.32 Å². The minimum Gasteiger partial charge on any atom is -0.508 e. The molecule has 0 atom stereocenters. The van der Waals surface area contributed by atoms with E-state index in [-0.39, 0.29) is 5.75 Å². The lowest BCUT2D eigenvalue weighted by Gasteiger charge is -2.07. The maximum absolute atomic E-state index is 9.33. The van der Waals surface area contributed by atoms with Gasteiger partial charge in [0, 0.05) is 31.0 Å². The molecule has 0 radical (unpaired) electrons. The van der Waals surface area contributed by atoms with E-state index in [1.54, 1.807) is 24.4 Å². The van der Waals surface area contributed by atoms with Crippen LogP contribution in [0.4, 0.5) is 5.69 Å². The van der Waals surface area contributed by atoms with E-state index in [2.05, 4.69) is 10.3 Å². The van der Waals surface area contributed by atoms with Gasteiger partial charge in [0.05, 0.1) is 5.69 Å². The molecular weight excluding hydrogens is 214 g/mol. The van der Waals surface area contributed by atoms with E-state index < -0.39 is 0 Å². The van der Waals surface area contributed by atoms with Gasteiger partial charge in [-0.05, 0) is 29.8 Å². The van der Waals surface area contributed by atoms with Gasteiger partial charge in [0.2, 0.25) is 0 Å². The second-order valence-corrected chi connectivity index (χ2v) is 3.76. The number of hydrogen-bond acceptors (Lipinski definition) is 4. The van der Waals surface area contributed by atoms with Gasteiger partial charge in [-0.1, -0.05) is 6.07 Å². The Morgan fingerprint density at radius 2 is 2.12 bits per heavy atom. The zero-order valence-corrected chi connectivity index (χ0v) is 9.43. The zero-order valence-electron chi connectivity index (χ0n) is 9.43. The second kappa shape index (κ2) is 5.32. The van der Waals surface area contributed by atoms with Crippen LogP contribution in [-0.2, 0) is 13.1 Å². The van der Waals surface area contributed by atoms with E-state index in [0.29, 0.717) is 13.1 Å². The molecule has 0 saturated carbocycles. The monoisotopic (exact) mass is 229 g/mol. The molecule has 17 heavy (non-hydrogen) atoms. The van der Waals surface area contributed by atoms with Crippen LogP contribution in [0.5, 0.6) is 5.75 Å². The number of phenolic OH excluding ortho intramolecular Hbond substituents is 1. The lowest BCUT2D eigenvalue weighted by molar-refractivity contribution is 0.475. The summed E-state index contributed by atoms with van der Waals surface area (Å²) < 4.78 is 0. The third-order valence-electron chi connectivity index (χ3n) is 2.43. The molecule has 4 nitrogen and oxygen atoms in total. The number of nitrogens with zero attached hydrogens (tertiary/aromatic N) is 1. The van der Waals surface area contributed by atoms with Crippen molar-refractivity contribution in [1.82, 2.24) is 4.98 Å². The molecule has 0 fully saturated rings. The van der Waals surface area contributed by atoms with Gasteiger partial charge < -0.3 is 16.2 Å². The van der Waals surface area contributed by atoms with Crippen LogP contribution in [0, 0.1) is 0 Å². The van der Waals surface area contributed by atoms with Gasteiger partial charge in [-0.3, -0.25) is 4.98 Å². The van der Waals surface area contributed by atoms with Gasteiger partial charge in [-0.25, -0.2) is 0 Å². The smallest absolute Gasteiger partial charge is 0.117 e. The SMILES string of the molecule is NCc1cc(CNc2cccc(O)c2)ccn1. The Kier molecular flexibility index (Phi) is 3.57. The first-order chi connectivity index (χ1) is 8.28. The average Bonchev–Trinajstić information content (AvgIpc) is 2.37. The molecule has 88 valence electrons. The molecular formula is C13H15N3O. The van der Waals surface area contributed by atoms with E-state index in [4.69, 9.17) is 5.73 Å². The minimum absolute atomic E-state index is 0.257. The Morgan fingerprint density at radius 1 is 1.24 bits per heavy atom. The number of nitrogens with one attached hydrogen (secondary N) is 1. The molecule has 0 aliphatic carbocycles. The van der Waals surface area contributed by atoms with Crippen LogP contribution < -0.4 is 11.1 Å². The van der Waals surface area contributed by atoms with Gasteiger partial charge in [-0.15, -0.1) is 0 Å². The van der Waals surface area contributed by atoms with E-state index >= 15 is 0 Å². The van der Waals surface area contributed by atoms with Gasteiger partial charge in [0.1, 0.15) is 5.75 Å². The molecule has 4 N–H and O–H groups in total. The maximum atomic E-state index is 9.33. The fourth-order valence-electron chi connectivity index (χ4n) is 1.57. The fourth-order valence-corrected chi connectivity index (χ4v) is 1.57. The van der Waals surface area contributed by atoms with Crippen LogP contribution in [0.15, 0.2) is 42.6 Å². The summed E-state index contributed by atoms with van der Waals surface area (Å²) >= 11 is 0. The van der Waals surface area contributed by atoms with Crippen molar-refractivity contribution in [3.05, 3.63) is 53.9 Å². The summed E-state index contributed by atoms with van der Waals surface area (Å²) in [6.45, 7) is 1.12. The summed E-state index contributed by atoms with van der Waals surface area (Å²) in [5.41, 5.74) is 8.40. The van der Waals surface area contributed by atoms with Crippen molar-refractivity contribution in [2.45, 2.75) is 13.1 Å². The van der Waals surface area contributed by atoms with Crippen LogP contribution >= 0.6 is 0 Å². The normalized spacial score (nSPS) is 10.2. The highest BCUT2D eigenvalue weighted by atomic mass is 16.3. The number of benzene rings is 1. The number of nitrogens with two attached hydrogens (primary N) is 1. The van der Waals surface area contributed by atoms with Gasteiger partial charge in [0.15, 0.2) is 0 Å². The van der Waals surface area contributed by atoms with Crippen molar-refractivity contribution in [1.29, 1.82) is 0 Å².